The van der Waals surface area contributed by atoms with Gasteiger partial charge in [0.1, 0.15) is 5.78 Å². The van der Waals surface area contributed by atoms with Crippen molar-refractivity contribution in [2.45, 2.75) is 32.5 Å². The van der Waals surface area contributed by atoms with Gasteiger partial charge in [-0.25, -0.2) is 9.69 Å². The third-order valence-corrected chi connectivity index (χ3v) is 2.46. The molecule has 2 N–H and O–H groups in total. The van der Waals surface area contributed by atoms with Crippen LogP contribution in [0.15, 0.2) is 10.6 Å². The highest BCUT2D eigenvalue weighted by molar-refractivity contribution is 5.93. The van der Waals surface area contributed by atoms with E-state index < -0.39 is 36.2 Å². The van der Waals surface area contributed by atoms with Crippen LogP contribution in [0.2, 0.25) is 0 Å². The highest BCUT2D eigenvalue weighted by Crippen LogP contribution is 2.33. The molecule has 22 heavy (non-hydrogen) atoms. The number of alkyl halides is 3. The lowest BCUT2D eigenvalue weighted by Gasteiger charge is -2.14. The molecule has 1 aliphatic heterocycles. The van der Waals surface area contributed by atoms with Crippen LogP contribution in [0.1, 0.15) is 19.5 Å². The smallest absolute Gasteiger partial charge is 0.369 e. The second-order valence-corrected chi connectivity index (χ2v) is 4.55. The standard InChI is InChI=1S/C8H8F3N3O4.C3H6O/c1-13-5(15)6(16)14(7(13)17)4-2-3(12-18-4)8(9,10)11;1-3(2)4/h2,5-6,15-16H,1H3;1-2H3. The van der Waals surface area contributed by atoms with Gasteiger partial charge in [0, 0.05) is 13.1 Å². The van der Waals surface area contributed by atoms with Gasteiger partial charge in [-0.2, -0.15) is 13.2 Å². The largest absolute Gasteiger partial charge is 0.436 e. The predicted octanol–water partition coefficient (Wildman–Crippen LogP) is 0.797. The lowest BCUT2D eigenvalue weighted by Crippen LogP contribution is -2.36. The fraction of sp³-hybridized carbons (Fsp3) is 0.545. The van der Waals surface area contributed by atoms with Gasteiger partial charge in [0.2, 0.25) is 5.88 Å². The van der Waals surface area contributed by atoms with Crippen molar-refractivity contribution < 1.29 is 37.5 Å². The quantitative estimate of drug-likeness (QED) is 0.791. The SMILES string of the molecule is CC(C)=O.CN1C(=O)N(c2cc(C(F)(F)F)no2)C(O)C1O. The zero-order valence-corrected chi connectivity index (χ0v) is 11.8. The Hall–Kier alpha value is -2.14. The topological polar surface area (TPSA) is 107 Å². The van der Waals surface area contributed by atoms with E-state index in [1.165, 1.54) is 20.9 Å². The minimum atomic E-state index is -4.72. The maximum atomic E-state index is 12.3. The number of nitrogens with zero attached hydrogens (tertiary/aromatic N) is 3. The van der Waals surface area contributed by atoms with Crippen molar-refractivity contribution in [1.82, 2.24) is 10.1 Å². The van der Waals surface area contributed by atoms with E-state index in [0.29, 0.717) is 11.0 Å². The van der Waals surface area contributed by atoms with E-state index in [1.54, 1.807) is 0 Å². The molecule has 0 aliphatic carbocycles. The molecule has 11 heteroatoms. The van der Waals surface area contributed by atoms with Crippen LogP contribution in [-0.2, 0) is 11.0 Å². The summed E-state index contributed by atoms with van der Waals surface area (Å²) in [5, 5.41) is 21.6. The Morgan fingerprint density at radius 1 is 1.32 bits per heavy atom. The van der Waals surface area contributed by atoms with E-state index in [1.807, 2.05) is 0 Å². The minimum absolute atomic E-state index is 0.167. The molecule has 1 aromatic rings. The Bertz CT molecular complexity index is 555. The molecule has 1 aromatic heterocycles. The molecular weight excluding hydrogens is 311 g/mol. The van der Waals surface area contributed by atoms with E-state index >= 15 is 0 Å². The van der Waals surface area contributed by atoms with Gasteiger partial charge in [0.05, 0.1) is 0 Å². The molecule has 8 nitrogen and oxygen atoms in total. The number of carbonyl (C=O) groups excluding carboxylic acids is 2. The monoisotopic (exact) mass is 325 g/mol. The van der Waals surface area contributed by atoms with Gasteiger partial charge in [-0.15, -0.1) is 0 Å². The van der Waals surface area contributed by atoms with Crippen molar-refractivity contribution in [1.29, 1.82) is 0 Å². The summed E-state index contributed by atoms with van der Waals surface area (Å²) in [6.45, 7) is 3.06. The molecule has 0 aromatic carbocycles. The number of rotatable bonds is 1. The first-order chi connectivity index (χ1) is 9.96. The van der Waals surface area contributed by atoms with E-state index in [-0.39, 0.29) is 5.78 Å². The van der Waals surface area contributed by atoms with Crippen molar-refractivity contribution in [3.8, 4) is 0 Å². The van der Waals surface area contributed by atoms with Crippen LogP contribution in [-0.4, -0.2) is 51.6 Å². The average molecular weight is 325 g/mol. The van der Waals surface area contributed by atoms with E-state index in [0.717, 1.165) is 4.90 Å². The first kappa shape index (κ1) is 17.9. The van der Waals surface area contributed by atoms with Crippen LogP contribution >= 0.6 is 0 Å². The Kier molecular flexibility index (Phi) is 5.14. The first-order valence-electron chi connectivity index (χ1n) is 5.90. The van der Waals surface area contributed by atoms with Crippen LogP contribution in [0.4, 0.5) is 23.8 Å². The van der Waals surface area contributed by atoms with Gasteiger partial charge in [-0.05, 0) is 13.8 Å². The maximum absolute atomic E-state index is 12.3. The molecular formula is C11H14F3N3O5. The predicted molar refractivity (Wildman–Crippen MR) is 65.5 cm³/mol. The van der Waals surface area contributed by atoms with Crippen LogP contribution in [0, 0.1) is 0 Å². The summed E-state index contributed by atoms with van der Waals surface area (Å²) in [4.78, 5) is 22.2. The first-order valence-corrected chi connectivity index (χ1v) is 5.90. The number of carbonyl (C=O) groups is 2. The van der Waals surface area contributed by atoms with Crippen LogP contribution in [0.3, 0.4) is 0 Å². The summed E-state index contributed by atoms with van der Waals surface area (Å²) in [6, 6.07) is -0.438. The number of aliphatic hydroxyl groups excluding tert-OH is 2. The molecule has 1 fully saturated rings. The van der Waals surface area contributed by atoms with Crippen LogP contribution < -0.4 is 4.90 Å². The summed E-state index contributed by atoms with van der Waals surface area (Å²) >= 11 is 0. The lowest BCUT2D eigenvalue weighted by atomic mass is 10.4. The third-order valence-electron chi connectivity index (χ3n) is 2.46. The van der Waals surface area contributed by atoms with Crippen molar-refractivity contribution in [3.05, 3.63) is 11.8 Å². The van der Waals surface area contributed by atoms with Crippen molar-refractivity contribution >= 4 is 17.7 Å². The van der Waals surface area contributed by atoms with E-state index in [2.05, 4.69) is 9.68 Å². The van der Waals surface area contributed by atoms with Crippen molar-refractivity contribution in [2.24, 2.45) is 0 Å². The number of ketones is 1. The molecule has 0 spiro atoms. The molecule has 0 bridgehead atoms. The lowest BCUT2D eigenvalue weighted by molar-refractivity contribution is -0.142. The molecule has 0 saturated carbocycles. The Labute approximate surface area is 122 Å². The highest BCUT2D eigenvalue weighted by atomic mass is 19.4. The van der Waals surface area contributed by atoms with Crippen LogP contribution in [0.5, 0.6) is 0 Å². The molecule has 124 valence electrons. The molecule has 1 saturated heterocycles. The number of anilines is 1. The summed E-state index contributed by atoms with van der Waals surface area (Å²) in [5.41, 5.74) is -1.33. The summed E-state index contributed by atoms with van der Waals surface area (Å²) < 4.78 is 41.2. The van der Waals surface area contributed by atoms with Gasteiger partial charge < -0.3 is 19.5 Å². The van der Waals surface area contributed by atoms with Crippen LogP contribution in [0.25, 0.3) is 0 Å². The van der Waals surface area contributed by atoms with Gasteiger partial charge in [-0.3, -0.25) is 4.90 Å². The zero-order valence-electron chi connectivity index (χ0n) is 11.8. The second kappa shape index (κ2) is 6.32. The normalized spacial score (nSPS) is 21.7. The number of aliphatic hydroxyl groups is 2. The molecule has 0 radical (unpaired) electrons. The number of likely N-dealkylation sites (N-methyl/N-ethyl adjacent to an activating group) is 1. The summed E-state index contributed by atoms with van der Waals surface area (Å²) in [7, 11) is 1.18. The number of hydrogen-bond acceptors (Lipinski definition) is 6. The molecule has 2 rings (SSSR count). The van der Waals surface area contributed by atoms with Gasteiger partial charge in [0.25, 0.3) is 0 Å². The molecule has 2 amide bonds. The fourth-order valence-corrected chi connectivity index (χ4v) is 1.47. The number of Topliss-reactive ketones (excluding diaryl/α,β-unsaturated/α-hetero) is 1. The Balaban J connectivity index is 0.000000541. The number of aromatic nitrogens is 1. The maximum Gasteiger partial charge on any atom is 0.436 e. The highest BCUT2D eigenvalue weighted by Gasteiger charge is 2.46. The summed E-state index contributed by atoms with van der Waals surface area (Å²) in [5.74, 6) is -0.428. The number of halogens is 3. The minimum Gasteiger partial charge on any atom is -0.369 e. The number of amides is 2. The number of urea groups is 1. The van der Waals surface area contributed by atoms with Gasteiger partial charge >= 0.3 is 12.2 Å². The Morgan fingerprint density at radius 3 is 2.14 bits per heavy atom. The van der Waals surface area contributed by atoms with Crippen molar-refractivity contribution in [2.75, 3.05) is 11.9 Å². The zero-order chi connectivity index (χ0) is 17.2. The van der Waals surface area contributed by atoms with Crippen molar-refractivity contribution in [3.63, 3.8) is 0 Å². The fourth-order valence-electron chi connectivity index (χ4n) is 1.47. The number of hydrogen-bond donors (Lipinski definition) is 2. The van der Waals surface area contributed by atoms with Gasteiger partial charge in [0.15, 0.2) is 18.1 Å². The third kappa shape index (κ3) is 3.74. The van der Waals surface area contributed by atoms with E-state index in [4.69, 9.17) is 0 Å². The van der Waals surface area contributed by atoms with Gasteiger partial charge in [-0.1, -0.05) is 5.16 Å². The molecule has 2 atom stereocenters. The average Bonchev–Trinajstić information content (AvgIpc) is 2.91. The molecule has 2 unspecified atom stereocenters. The molecule has 1 aliphatic rings. The summed E-state index contributed by atoms with van der Waals surface area (Å²) in [6.07, 6.45) is -8.01. The Morgan fingerprint density at radius 2 is 1.82 bits per heavy atom. The molecule has 2 heterocycles. The van der Waals surface area contributed by atoms with E-state index in [9.17, 15) is 33.0 Å². The second-order valence-electron chi connectivity index (χ2n) is 4.55.